The van der Waals surface area contributed by atoms with Gasteiger partial charge in [0.25, 0.3) is 0 Å². The van der Waals surface area contributed by atoms with Crippen molar-refractivity contribution in [1.82, 2.24) is 25.8 Å². The largest absolute Gasteiger partial charge is 0.356 e. The van der Waals surface area contributed by atoms with Gasteiger partial charge in [-0.25, -0.2) is 0 Å². The maximum Gasteiger partial charge on any atom is 0.232 e. The van der Waals surface area contributed by atoms with Crippen molar-refractivity contribution in [3.05, 3.63) is 41.8 Å². The Bertz CT molecular complexity index is 630. The number of hydrogen-bond donors (Lipinski definition) is 2. The summed E-state index contributed by atoms with van der Waals surface area (Å²) in [6.45, 7) is 7.32. The van der Waals surface area contributed by atoms with Gasteiger partial charge in [0.15, 0.2) is 11.8 Å². The van der Waals surface area contributed by atoms with Crippen LogP contribution < -0.4 is 10.6 Å². The van der Waals surface area contributed by atoms with Gasteiger partial charge in [-0.1, -0.05) is 32.0 Å². The first-order valence-electron chi connectivity index (χ1n) is 7.66. The number of hydrogen-bond acceptors (Lipinski definition) is 5. The van der Waals surface area contributed by atoms with Crippen LogP contribution in [0.25, 0.3) is 0 Å². The zero-order valence-electron chi connectivity index (χ0n) is 14.1. The quantitative estimate of drug-likeness (QED) is 0.644. The van der Waals surface area contributed by atoms with Gasteiger partial charge in [-0.05, 0) is 12.1 Å². The number of pyridine rings is 1. The van der Waals surface area contributed by atoms with E-state index in [9.17, 15) is 0 Å². The first-order valence-corrected chi connectivity index (χ1v) is 7.66. The lowest BCUT2D eigenvalue weighted by Crippen LogP contribution is -2.38. The van der Waals surface area contributed by atoms with E-state index in [1.807, 2.05) is 39.0 Å². The van der Waals surface area contributed by atoms with Crippen molar-refractivity contribution in [2.75, 3.05) is 13.6 Å². The molecule has 2 aromatic heterocycles. The third-order valence-corrected chi connectivity index (χ3v) is 3.15. The minimum absolute atomic E-state index is 0.145. The standard InChI is InChI=1S/C16H24N6O/c1-16(2,3)14-21-13(22-23-14)11-20-15(17-4)19-10-8-12-7-5-6-9-18-12/h5-7,9H,8,10-11H2,1-4H3,(H2,17,19,20). The summed E-state index contributed by atoms with van der Waals surface area (Å²) in [6, 6.07) is 5.90. The first kappa shape index (κ1) is 16.9. The van der Waals surface area contributed by atoms with Crippen LogP contribution in [0, 0.1) is 0 Å². The highest BCUT2D eigenvalue weighted by Crippen LogP contribution is 2.19. The van der Waals surface area contributed by atoms with Gasteiger partial charge in [0.1, 0.15) is 0 Å². The van der Waals surface area contributed by atoms with E-state index >= 15 is 0 Å². The Balaban J connectivity index is 1.78. The van der Waals surface area contributed by atoms with Crippen LogP contribution >= 0.6 is 0 Å². The van der Waals surface area contributed by atoms with Crippen LogP contribution in [0.3, 0.4) is 0 Å². The average Bonchev–Trinajstić information content (AvgIpc) is 3.01. The number of aromatic nitrogens is 3. The summed E-state index contributed by atoms with van der Waals surface area (Å²) in [5.74, 6) is 1.94. The van der Waals surface area contributed by atoms with E-state index < -0.39 is 0 Å². The second-order valence-corrected chi connectivity index (χ2v) is 6.19. The van der Waals surface area contributed by atoms with E-state index in [0.717, 1.165) is 18.7 Å². The van der Waals surface area contributed by atoms with Crippen molar-refractivity contribution in [2.24, 2.45) is 4.99 Å². The molecule has 2 aromatic rings. The van der Waals surface area contributed by atoms with Gasteiger partial charge < -0.3 is 15.2 Å². The third-order valence-electron chi connectivity index (χ3n) is 3.15. The molecule has 0 atom stereocenters. The van der Waals surface area contributed by atoms with Crippen molar-refractivity contribution in [1.29, 1.82) is 0 Å². The van der Waals surface area contributed by atoms with Gasteiger partial charge in [0.2, 0.25) is 5.89 Å². The average molecular weight is 316 g/mol. The molecule has 0 aromatic carbocycles. The number of nitrogens with zero attached hydrogens (tertiary/aromatic N) is 4. The Morgan fingerprint density at radius 1 is 1.26 bits per heavy atom. The van der Waals surface area contributed by atoms with Gasteiger partial charge in [-0.3, -0.25) is 9.98 Å². The van der Waals surface area contributed by atoms with Crippen molar-refractivity contribution in [3.63, 3.8) is 0 Å². The van der Waals surface area contributed by atoms with E-state index in [1.54, 1.807) is 13.2 Å². The third kappa shape index (κ3) is 5.36. The molecular weight excluding hydrogens is 292 g/mol. The van der Waals surface area contributed by atoms with Gasteiger partial charge in [-0.2, -0.15) is 4.98 Å². The molecule has 7 nitrogen and oxygen atoms in total. The maximum atomic E-state index is 5.26. The van der Waals surface area contributed by atoms with Crippen LogP contribution in [0.15, 0.2) is 33.9 Å². The second-order valence-electron chi connectivity index (χ2n) is 6.19. The Morgan fingerprint density at radius 3 is 2.70 bits per heavy atom. The van der Waals surface area contributed by atoms with E-state index in [0.29, 0.717) is 24.2 Å². The molecule has 0 aliphatic heterocycles. The molecule has 0 aliphatic rings. The van der Waals surface area contributed by atoms with Crippen LogP contribution in [0.5, 0.6) is 0 Å². The molecule has 23 heavy (non-hydrogen) atoms. The van der Waals surface area contributed by atoms with Crippen molar-refractivity contribution in [3.8, 4) is 0 Å². The Labute approximate surface area is 136 Å². The van der Waals surface area contributed by atoms with Crippen LogP contribution in [0.4, 0.5) is 0 Å². The molecule has 2 N–H and O–H groups in total. The molecule has 0 unspecified atom stereocenters. The second kappa shape index (κ2) is 7.71. The van der Waals surface area contributed by atoms with Gasteiger partial charge in [-0.15, -0.1) is 0 Å². The molecule has 2 heterocycles. The fourth-order valence-electron chi connectivity index (χ4n) is 1.87. The molecule has 0 spiro atoms. The Hall–Kier alpha value is -2.44. The van der Waals surface area contributed by atoms with Gasteiger partial charge in [0.05, 0.1) is 6.54 Å². The zero-order valence-corrected chi connectivity index (χ0v) is 14.1. The monoisotopic (exact) mass is 316 g/mol. The van der Waals surface area contributed by atoms with Crippen LogP contribution in [0.2, 0.25) is 0 Å². The minimum atomic E-state index is -0.145. The van der Waals surface area contributed by atoms with E-state index in [4.69, 9.17) is 4.52 Å². The fraction of sp³-hybridized carbons (Fsp3) is 0.500. The predicted molar refractivity (Wildman–Crippen MR) is 89.1 cm³/mol. The predicted octanol–water partition coefficient (Wildman–Crippen LogP) is 1.67. The van der Waals surface area contributed by atoms with Gasteiger partial charge in [0, 0.05) is 37.3 Å². The van der Waals surface area contributed by atoms with Crippen molar-refractivity contribution < 1.29 is 4.52 Å². The summed E-state index contributed by atoms with van der Waals surface area (Å²) in [7, 11) is 1.73. The van der Waals surface area contributed by atoms with Gasteiger partial charge >= 0.3 is 0 Å². The molecule has 0 saturated heterocycles. The minimum Gasteiger partial charge on any atom is -0.356 e. The number of aliphatic imine (C=N–C) groups is 1. The normalized spacial score (nSPS) is 12.3. The summed E-state index contributed by atoms with van der Waals surface area (Å²) >= 11 is 0. The highest BCUT2D eigenvalue weighted by molar-refractivity contribution is 5.79. The summed E-state index contributed by atoms with van der Waals surface area (Å²) in [6.07, 6.45) is 2.63. The topological polar surface area (TPSA) is 88.2 Å². The SMILES string of the molecule is CN=C(NCCc1ccccn1)NCc1noc(C(C)(C)C)n1. The molecule has 0 fully saturated rings. The summed E-state index contributed by atoms with van der Waals surface area (Å²) in [4.78, 5) is 12.8. The zero-order chi connectivity index (χ0) is 16.7. The lowest BCUT2D eigenvalue weighted by Gasteiger charge is -2.11. The molecule has 0 bridgehead atoms. The molecule has 0 radical (unpaired) electrons. The Morgan fingerprint density at radius 2 is 2.09 bits per heavy atom. The summed E-state index contributed by atoms with van der Waals surface area (Å²) < 4.78 is 5.26. The first-order chi connectivity index (χ1) is 11.0. The number of rotatable bonds is 5. The molecule has 0 saturated carbocycles. The highest BCUT2D eigenvalue weighted by Gasteiger charge is 2.21. The molecular formula is C16H24N6O. The van der Waals surface area contributed by atoms with Crippen molar-refractivity contribution >= 4 is 5.96 Å². The summed E-state index contributed by atoms with van der Waals surface area (Å²) in [5.41, 5.74) is 0.900. The summed E-state index contributed by atoms with van der Waals surface area (Å²) in [5, 5.41) is 10.4. The lowest BCUT2D eigenvalue weighted by atomic mass is 9.97. The van der Waals surface area contributed by atoms with E-state index in [-0.39, 0.29) is 5.41 Å². The number of nitrogens with one attached hydrogen (secondary N) is 2. The van der Waals surface area contributed by atoms with Crippen LogP contribution in [-0.4, -0.2) is 34.7 Å². The highest BCUT2D eigenvalue weighted by atomic mass is 16.5. The maximum absolute atomic E-state index is 5.26. The Kier molecular flexibility index (Phi) is 5.67. The number of guanidine groups is 1. The van der Waals surface area contributed by atoms with Crippen LogP contribution in [-0.2, 0) is 18.4 Å². The molecule has 0 amide bonds. The lowest BCUT2D eigenvalue weighted by molar-refractivity contribution is 0.318. The van der Waals surface area contributed by atoms with E-state index in [1.165, 1.54) is 0 Å². The molecule has 124 valence electrons. The molecule has 0 aliphatic carbocycles. The fourth-order valence-corrected chi connectivity index (χ4v) is 1.87. The van der Waals surface area contributed by atoms with E-state index in [2.05, 4.69) is 30.8 Å². The van der Waals surface area contributed by atoms with Crippen molar-refractivity contribution in [2.45, 2.75) is 39.2 Å². The smallest absolute Gasteiger partial charge is 0.232 e. The molecule has 7 heteroatoms. The van der Waals surface area contributed by atoms with Crippen LogP contribution in [0.1, 0.15) is 38.2 Å². The molecule has 2 rings (SSSR count).